The SMILES string of the molecule is COC(=O)[C@H](Cc1ccc(C#N)cc1)NC(=O)c1c(Cl)cccc1Cl.COC(=O)[C@H](Cc1ccc(C(N)=S)cc1)NC(=O)c1c(Cl)cccc1Cl.COC(=O)[C@H](Cc1ccc(I)cc1)NC(=O)c1c(Cl)cccc1Cl.[Na+].[SH-]. The van der Waals surface area contributed by atoms with Crippen LogP contribution in [0.3, 0.4) is 0 Å². The van der Waals surface area contributed by atoms with Gasteiger partial charge >= 0.3 is 47.5 Å². The first kappa shape index (κ1) is 68.4. The van der Waals surface area contributed by atoms with Crippen molar-refractivity contribution in [2.24, 2.45) is 5.73 Å². The van der Waals surface area contributed by atoms with Gasteiger partial charge in [-0.3, -0.25) is 14.4 Å². The molecule has 0 radical (unpaired) electrons. The molecule has 3 amide bonds. The number of carbonyl (C=O) groups excluding carboxylic acids is 6. The molecular formula is C53H45Cl6IN5NaO9S2. The van der Waals surface area contributed by atoms with Crippen LogP contribution in [0.2, 0.25) is 30.1 Å². The Bertz CT molecular complexity index is 3030. The minimum absolute atomic E-state index is 0. The topological polar surface area (TPSA) is 216 Å². The van der Waals surface area contributed by atoms with Crippen molar-refractivity contribution < 1.29 is 72.5 Å². The van der Waals surface area contributed by atoms with E-state index in [-0.39, 0.29) is 108 Å². The predicted molar refractivity (Wildman–Crippen MR) is 312 cm³/mol. The van der Waals surface area contributed by atoms with Crippen molar-refractivity contribution in [3.8, 4) is 6.07 Å². The van der Waals surface area contributed by atoms with Gasteiger partial charge in [0.05, 0.1) is 79.8 Å². The number of ether oxygens (including phenoxy) is 3. The minimum atomic E-state index is -0.919. The van der Waals surface area contributed by atoms with Crippen LogP contribution in [0.15, 0.2) is 127 Å². The number of hydrogen-bond acceptors (Lipinski definition) is 12. The number of methoxy groups -OCH3 is 3. The number of nitrogens with two attached hydrogens (primary N) is 1. The second-order valence-corrected chi connectivity index (χ2v) is 19.7. The molecule has 0 aliphatic heterocycles. The Kier molecular flexibility index (Phi) is 30.6. The van der Waals surface area contributed by atoms with Crippen molar-refractivity contribution in [2.45, 2.75) is 37.4 Å². The summed E-state index contributed by atoms with van der Waals surface area (Å²) in [5.74, 6) is -3.37. The number of rotatable bonds is 16. The smallest absolute Gasteiger partial charge is 0.813 e. The first-order chi connectivity index (χ1) is 35.7. The maximum atomic E-state index is 12.5. The van der Waals surface area contributed by atoms with E-state index >= 15 is 0 Å². The Morgan fingerprint density at radius 2 is 0.779 bits per heavy atom. The summed E-state index contributed by atoms with van der Waals surface area (Å²) in [4.78, 5) is 73.9. The van der Waals surface area contributed by atoms with E-state index in [9.17, 15) is 28.8 Å². The van der Waals surface area contributed by atoms with Crippen LogP contribution in [0.5, 0.6) is 0 Å². The molecular weight excluding hydrogens is 1280 g/mol. The summed E-state index contributed by atoms with van der Waals surface area (Å²) in [6.07, 6.45) is 0.724. The number of hydrogen-bond donors (Lipinski definition) is 4. The van der Waals surface area contributed by atoms with E-state index in [2.05, 4.69) is 38.5 Å². The number of thiocarbonyl (C=S) groups is 1. The zero-order valence-corrected chi connectivity index (χ0v) is 51.6. The molecule has 0 saturated heterocycles. The van der Waals surface area contributed by atoms with Gasteiger partial charge < -0.3 is 49.4 Å². The zero-order valence-electron chi connectivity index (χ0n) is 41.2. The Morgan fingerprint density at radius 3 is 1.03 bits per heavy atom. The first-order valence-corrected chi connectivity index (χ1v) is 25.6. The number of carbonyl (C=O) groups is 6. The van der Waals surface area contributed by atoms with Gasteiger partial charge in [0.2, 0.25) is 0 Å². The van der Waals surface area contributed by atoms with Crippen LogP contribution in [0, 0.1) is 14.9 Å². The number of nitrogens with zero attached hydrogens (tertiary/aromatic N) is 1. The van der Waals surface area contributed by atoms with Gasteiger partial charge in [-0.1, -0.05) is 149 Å². The average molecular weight is 1320 g/mol. The van der Waals surface area contributed by atoms with E-state index < -0.39 is 53.8 Å². The fraction of sp³-hybridized carbons (Fsp3) is 0.170. The fourth-order valence-corrected chi connectivity index (χ4v) is 8.89. The molecule has 0 bridgehead atoms. The third-order valence-corrected chi connectivity index (χ3v) is 13.3. The second kappa shape index (κ2) is 34.4. The summed E-state index contributed by atoms with van der Waals surface area (Å²) in [5, 5.41) is 17.9. The molecule has 0 saturated carbocycles. The van der Waals surface area contributed by atoms with Gasteiger partial charge in [-0.15, -0.1) is 0 Å². The first-order valence-electron chi connectivity index (χ1n) is 21.8. The molecule has 0 aliphatic rings. The number of amides is 3. The monoisotopic (exact) mass is 1320 g/mol. The standard InChI is InChI=1S/C18H16Cl2N2O3S.C18H14Cl2N2O3.C17H14Cl2INO3.Na.H2S/c1-25-18(24)14(9-10-5-7-11(8-6-10)16(21)26)22-17(23)15-12(19)3-2-4-13(15)20;1-25-18(24)15(9-11-5-7-12(10-21)8-6-11)22-17(23)16-13(19)3-2-4-14(16)20;1-24-17(23)14(9-10-5-7-11(20)8-6-10)21-16(22)15-12(18)3-2-4-13(15)19;;/h2-8,14H,9H2,1H3,(H2,21,26)(H,22,23);2-8,15H,9H2,1H3,(H,22,23);2-8,14H,9H2,1H3,(H,21,22);;1H2/q;;;+1;/p-1/t14-;15-;14-;;/m000../s1. The average Bonchev–Trinajstić information content (AvgIpc) is 3.38. The Morgan fingerprint density at radius 1 is 0.519 bits per heavy atom. The third-order valence-electron chi connectivity index (χ3n) is 10.5. The van der Waals surface area contributed by atoms with Crippen LogP contribution in [0.25, 0.3) is 0 Å². The van der Waals surface area contributed by atoms with Crippen LogP contribution in [-0.4, -0.2) is 80.1 Å². The molecule has 3 atom stereocenters. The summed E-state index contributed by atoms with van der Waals surface area (Å²) >= 11 is 43.3. The number of nitrogens with one attached hydrogen (secondary N) is 3. The van der Waals surface area contributed by atoms with Crippen molar-refractivity contribution in [3.05, 3.63) is 206 Å². The zero-order chi connectivity index (χ0) is 55.4. The van der Waals surface area contributed by atoms with E-state index in [1.54, 1.807) is 91.0 Å². The molecule has 6 rings (SSSR count). The van der Waals surface area contributed by atoms with Crippen LogP contribution < -0.4 is 51.2 Å². The largest absolute Gasteiger partial charge is 1.00 e. The summed E-state index contributed by atoms with van der Waals surface area (Å²) in [6, 6.07) is 34.9. The number of nitriles is 1. The van der Waals surface area contributed by atoms with Crippen molar-refractivity contribution in [3.63, 3.8) is 0 Å². The normalized spacial score (nSPS) is 11.2. The predicted octanol–water partition coefficient (Wildman–Crippen LogP) is 7.37. The van der Waals surface area contributed by atoms with Crippen LogP contribution in [0.1, 0.15) is 58.9 Å². The van der Waals surface area contributed by atoms with Gasteiger partial charge in [-0.2, -0.15) is 5.26 Å². The van der Waals surface area contributed by atoms with Crippen LogP contribution >= 0.6 is 104 Å². The summed E-state index contributed by atoms with van der Waals surface area (Å²) in [5.41, 5.74) is 9.59. The quantitative estimate of drug-likeness (QED) is 0.0142. The van der Waals surface area contributed by atoms with Crippen molar-refractivity contribution >= 4 is 159 Å². The third kappa shape index (κ3) is 21.2. The van der Waals surface area contributed by atoms with E-state index in [0.717, 1.165) is 20.3 Å². The molecule has 6 aromatic carbocycles. The Hall–Kier alpha value is -4.66. The maximum Gasteiger partial charge on any atom is 1.00 e. The van der Waals surface area contributed by atoms with Crippen molar-refractivity contribution in [2.75, 3.05) is 21.3 Å². The molecule has 0 heterocycles. The molecule has 0 aromatic heterocycles. The van der Waals surface area contributed by atoms with E-state index in [0.29, 0.717) is 17.5 Å². The molecule has 6 aromatic rings. The van der Waals surface area contributed by atoms with Gasteiger partial charge in [-0.05, 0) is 99.9 Å². The molecule has 398 valence electrons. The fourth-order valence-electron chi connectivity index (χ4n) is 6.69. The minimum Gasteiger partial charge on any atom is -0.813 e. The van der Waals surface area contributed by atoms with Crippen LogP contribution in [-0.2, 0) is 61.4 Å². The molecule has 0 spiro atoms. The molecule has 77 heavy (non-hydrogen) atoms. The Labute approximate surface area is 523 Å². The number of halogens is 7. The van der Waals surface area contributed by atoms with Gasteiger partial charge in [-0.25, -0.2) is 14.4 Å². The maximum absolute atomic E-state index is 12.5. The van der Waals surface area contributed by atoms with Gasteiger partial charge in [0, 0.05) is 28.4 Å². The molecule has 24 heteroatoms. The molecule has 0 fully saturated rings. The van der Waals surface area contributed by atoms with E-state index in [1.165, 1.54) is 33.5 Å². The number of esters is 3. The molecule has 14 nitrogen and oxygen atoms in total. The number of benzene rings is 6. The van der Waals surface area contributed by atoms with Gasteiger partial charge in [0.15, 0.2) is 0 Å². The summed E-state index contributed by atoms with van der Waals surface area (Å²) in [7, 11) is 3.76. The number of thiol groups is 1. The summed E-state index contributed by atoms with van der Waals surface area (Å²) < 4.78 is 15.4. The van der Waals surface area contributed by atoms with E-state index in [4.69, 9.17) is 107 Å². The van der Waals surface area contributed by atoms with Crippen LogP contribution in [0.4, 0.5) is 0 Å². The van der Waals surface area contributed by atoms with Crippen molar-refractivity contribution in [1.29, 1.82) is 5.26 Å². The summed E-state index contributed by atoms with van der Waals surface area (Å²) in [6.45, 7) is 0. The molecule has 0 aliphatic carbocycles. The Balaban J connectivity index is 0.000000390. The van der Waals surface area contributed by atoms with Gasteiger partial charge in [0.1, 0.15) is 23.1 Å². The second-order valence-electron chi connectivity index (χ2n) is 15.5. The van der Waals surface area contributed by atoms with Gasteiger partial charge in [0.25, 0.3) is 17.7 Å². The van der Waals surface area contributed by atoms with Crippen molar-refractivity contribution in [1.82, 2.24) is 16.0 Å². The molecule has 0 unspecified atom stereocenters. The van der Waals surface area contributed by atoms with E-state index in [1.807, 2.05) is 30.3 Å². The molecule has 5 N–H and O–H groups in total.